The first-order chi connectivity index (χ1) is 22.3. The van der Waals surface area contributed by atoms with E-state index in [0.29, 0.717) is 0 Å². The standard InChI is InChI=1S/C44H31N/c1-3-13-32(14-4-1)33-27-29-38(30-28-33)45(44-24-12-19-35-17-7-8-20-40(35)44)43-23-10-9-21-41(43)37-26-25-36-18-11-22-39(42(36)31-37)34-15-5-2-6-16-34/h1-31H. The lowest BCUT2D eigenvalue weighted by atomic mass is 9.94. The number of hydrogen-bond acceptors (Lipinski definition) is 1. The Kier molecular flexibility index (Phi) is 6.90. The first-order valence-electron chi connectivity index (χ1n) is 15.4. The van der Waals surface area contributed by atoms with Gasteiger partial charge in [0.15, 0.2) is 0 Å². The van der Waals surface area contributed by atoms with Gasteiger partial charge in [0.1, 0.15) is 0 Å². The van der Waals surface area contributed by atoms with Crippen LogP contribution in [0.15, 0.2) is 188 Å². The molecule has 0 unspecified atom stereocenters. The van der Waals surface area contributed by atoms with Crippen molar-refractivity contribution in [2.45, 2.75) is 0 Å². The van der Waals surface area contributed by atoms with Crippen molar-refractivity contribution >= 4 is 38.6 Å². The highest BCUT2D eigenvalue weighted by molar-refractivity contribution is 6.03. The Bertz CT molecular complexity index is 2250. The maximum absolute atomic E-state index is 2.42. The molecule has 0 spiro atoms. The molecule has 0 aliphatic heterocycles. The van der Waals surface area contributed by atoms with Crippen LogP contribution in [0, 0.1) is 0 Å². The van der Waals surface area contributed by atoms with Crippen LogP contribution in [0.25, 0.3) is 54.9 Å². The van der Waals surface area contributed by atoms with Crippen molar-refractivity contribution in [3.63, 3.8) is 0 Å². The van der Waals surface area contributed by atoms with Gasteiger partial charge in [0, 0.05) is 16.6 Å². The number of benzene rings is 8. The molecule has 0 fully saturated rings. The van der Waals surface area contributed by atoms with Gasteiger partial charge in [-0.3, -0.25) is 0 Å². The van der Waals surface area contributed by atoms with E-state index < -0.39 is 0 Å². The Labute approximate surface area is 264 Å². The van der Waals surface area contributed by atoms with E-state index in [0.717, 1.165) is 17.1 Å². The van der Waals surface area contributed by atoms with Crippen LogP contribution in [0.2, 0.25) is 0 Å². The van der Waals surface area contributed by atoms with Crippen LogP contribution >= 0.6 is 0 Å². The molecule has 0 aromatic heterocycles. The molecule has 212 valence electrons. The molecule has 0 amide bonds. The molecule has 8 aromatic rings. The first-order valence-corrected chi connectivity index (χ1v) is 15.4. The predicted octanol–water partition coefficient (Wildman–Crippen LogP) is 12.5. The monoisotopic (exact) mass is 573 g/mol. The lowest BCUT2D eigenvalue weighted by Crippen LogP contribution is -2.11. The van der Waals surface area contributed by atoms with Crippen LogP contribution in [0.4, 0.5) is 17.1 Å². The quantitative estimate of drug-likeness (QED) is 0.191. The third kappa shape index (κ3) is 5.05. The van der Waals surface area contributed by atoms with E-state index in [2.05, 4.69) is 193 Å². The summed E-state index contributed by atoms with van der Waals surface area (Å²) in [7, 11) is 0. The second-order valence-corrected chi connectivity index (χ2v) is 11.4. The van der Waals surface area contributed by atoms with Gasteiger partial charge in [-0.2, -0.15) is 0 Å². The zero-order chi connectivity index (χ0) is 30.0. The zero-order valence-corrected chi connectivity index (χ0v) is 24.8. The third-order valence-corrected chi connectivity index (χ3v) is 8.66. The summed E-state index contributed by atoms with van der Waals surface area (Å²) in [6.45, 7) is 0. The highest BCUT2D eigenvalue weighted by Crippen LogP contribution is 2.44. The van der Waals surface area contributed by atoms with Crippen molar-refractivity contribution in [3.8, 4) is 33.4 Å². The van der Waals surface area contributed by atoms with Crippen molar-refractivity contribution in [1.29, 1.82) is 0 Å². The van der Waals surface area contributed by atoms with E-state index in [1.165, 1.54) is 54.9 Å². The molecule has 0 saturated heterocycles. The summed E-state index contributed by atoms with van der Waals surface area (Å²) in [5, 5.41) is 4.92. The van der Waals surface area contributed by atoms with E-state index in [9.17, 15) is 0 Å². The molecular weight excluding hydrogens is 542 g/mol. The highest BCUT2D eigenvalue weighted by atomic mass is 15.1. The summed E-state index contributed by atoms with van der Waals surface area (Å²) < 4.78 is 0. The topological polar surface area (TPSA) is 3.24 Å². The summed E-state index contributed by atoms with van der Waals surface area (Å²) in [6, 6.07) is 67.7. The summed E-state index contributed by atoms with van der Waals surface area (Å²) in [5.41, 5.74) is 10.7. The fourth-order valence-corrected chi connectivity index (χ4v) is 6.47. The average molecular weight is 574 g/mol. The zero-order valence-electron chi connectivity index (χ0n) is 24.8. The highest BCUT2D eigenvalue weighted by Gasteiger charge is 2.19. The van der Waals surface area contributed by atoms with Crippen molar-refractivity contribution in [1.82, 2.24) is 0 Å². The van der Waals surface area contributed by atoms with Gasteiger partial charge in [0.2, 0.25) is 0 Å². The van der Waals surface area contributed by atoms with Gasteiger partial charge in [-0.05, 0) is 74.3 Å². The first kappa shape index (κ1) is 26.7. The van der Waals surface area contributed by atoms with Gasteiger partial charge < -0.3 is 4.90 Å². The molecule has 0 saturated carbocycles. The molecule has 1 nitrogen and oxygen atoms in total. The summed E-state index contributed by atoms with van der Waals surface area (Å²) in [5.74, 6) is 0. The minimum absolute atomic E-state index is 1.12. The van der Waals surface area contributed by atoms with Crippen LogP contribution in [-0.4, -0.2) is 0 Å². The van der Waals surface area contributed by atoms with Gasteiger partial charge in [0.25, 0.3) is 0 Å². The maximum atomic E-state index is 2.42. The van der Waals surface area contributed by atoms with Crippen LogP contribution in [0.3, 0.4) is 0 Å². The molecule has 8 aromatic carbocycles. The largest absolute Gasteiger partial charge is 0.309 e. The Morgan fingerprint density at radius 3 is 1.62 bits per heavy atom. The number of anilines is 3. The molecule has 0 heterocycles. The van der Waals surface area contributed by atoms with Crippen LogP contribution in [0.5, 0.6) is 0 Å². The van der Waals surface area contributed by atoms with E-state index in [1.54, 1.807) is 0 Å². The number of nitrogens with zero attached hydrogens (tertiary/aromatic N) is 1. The van der Waals surface area contributed by atoms with Crippen LogP contribution in [-0.2, 0) is 0 Å². The second kappa shape index (κ2) is 11.6. The fourth-order valence-electron chi connectivity index (χ4n) is 6.47. The predicted molar refractivity (Wildman–Crippen MR) is 192 cm³/mol. The molecule has 0 aliphatic carbocycles. The van der Waals surface area contributed by atoms with Crippen molar-refractivity contribution < 1.29 is 0 Å². The molecule has 0 atom stereocenters. The smallest absolute Gasteiger partial charge is 0.0540 e. The third-order valence-electron chi connectivity index (χ3n) is 8.66. The summed E-state index contributed by atoms with van der Waals surface area (Å²) in [4.78, 5) is 2.42. The minimum Gasteiger partial charge on any atom is -0.309 e. The second-order valence-electron chi connectivity index (χ2n) is 11.4. The average Bonchev–Trinajstić information content (AvgIpc) is 3.13. The van der Waals surface area contributed by atoms with E-state index >= 15 is 0 Å². The summed E-state index contributed by atoms with van der Waals surface area (Å²) in [6.07, 6.45) is 0. The molecule has 45 heavy (non-hydrogen) atoms. The van der Waals surface area contributed by atoms with Crippen molar-refractivity contribution in [3.05, 3.63) is 188 Å². The molecule has 0 radical (unpaired) electrons. The molecular formula is C44H31N. The van der Waals surface area contributed by atoms with Crippen LogP contribution in [0.1, 0.15) is 0 Å². The number of rotatable bonds is 6. The Morgan fingerprint density at radius 1 is 0.289 bits per heavy atom. The number of para-hydroxylation sites is 1. The normalized spacial score (nSPS) is 11.1. The van der Waals surface area contributed by atoms with E-state index in [1.807, 2.05) is 0 Å². The molecule has 8 rings (SSSR count). The van der Waals surface area contributed by atoms with Gasteiger partial charge in [-0.1, -0.05) is 158 Å². The van der Waals surface area contributed by atoms with E-state index in [-0.39, 0.29) is 0 Å². The maximum Gasteiger partial charge on any atom is 0.0540 e. The van der Waals surface area contributed by atoms with Crippen LogP contribution < -0.4 is 4.90 Å². The number of hydrogen-bond donors (Lipinski definition) is 0. The SMILES string of the molecule is c1ccc(-c2ccc(N(c3ccccc3-c3ccc4cccc(-c5ccccc5)c4c3)c3cccc4ccccc34)cc2)cc1. The molecule has 0 N–H and O–H groups in total. The van der Waals surface area contributed by atoms with Crippen molar-refractivity contribution in [2.24, 2.45) is 0 Å². The van der Waals surface area contributed by atoms with Gasteiger partial charge >= 0.3 is 0 Å². The molecule has 0 aliphatic rings. The molecule has 0 bridgehead atoms. The number of fused-ring (bicyclic) bond motifs is 2. The van der Waals surface area contributed by atoms with Gasteiger partial charge in [0.05, 0.1) is 11.4 Å². The van der Waals surface area contributed by atoms with Gasteiger partial charge in [-0.25, -0.2) is 0 Å². The Balaban J connectivity index is 1.33. The van der Waals surface area contributed by atoms with E-state index in [4.69, 9.17) is 0 Å². The molecule has 1 heteroatoms. The summed E-state index contributed by atoms with van der Waals surface area (Å²) >= 11 is 0. The van der Waals surface area contributed by atoms with Gasteiger partial charge in [-0.15, -0.1) is 0 Å². The lowest BCUT2D eigenvalue weighted by Gasteiger charge is -2.29. The minimum atomic E-state index is 1.12. The van der Waals surface area contributed by atoms with Crippen molar-refractivity contribution in [2.75, 3.05) is 4.90 Å². The Hall–Kier alpha value is -5.92. The lowest BCUT2D eigenvalue weighted by molar-refractivity contribution is 1.30. The fraction of sp³-hybridized carbons (Fsp3) is 0. The Morgan fingerprint density at radius 2 is 0.822 bits per heavy atom.